The van der Waals surface area contributed by atoms with Gasteiger partial charge in [0.2, 0.25) is 0 Å². The van der Waals surface area contributed by atoms with Crippen molar-refractivity contribution in [2.45, 2.75) is 13.8 Å². The van der Waals surface area contributed by atoms with Crippen molar-refractivity contribution in [1.29, 1.82) is 0 Å². The predicted molar refractivity (Wildman–Crippen MR) is 48.4 cm³/mol. The molecule has 1 rings (SSSR count). The molecule has 1 aromatic heterocycles. The lowest BCUT2D eigenvalue weighted by Gasteiger charge is -2.04. The monoisotopic (exact) mass is 163 g/mol. The van der Waals surface area contributed by atoms with Crippen LogP contribution < -0.4 is 5.32 Å². The van der Waals surface area contributed by atoms with Gasteiger partial charge in [-0.1, -0.05) is 6.58 Å². The van der Waals surface area contributed by atoms with E-state index in [4.69, 9.17) is 0 Å². The molecular formula is C9H13N3. The van der Waals surface area contributed by atoms with Crippen LogP contribution in [-0.2, 0) is 0 Å². The molecule has 0 radical (unpaired) electrons. The molecule has 0 fully saturated rings. The zero-order valence-electron chi connectivity index (χ0n) is 7.46. The van der Waals surface area contributed by atoms with Gasteiger partial charge in [0.1, 0.15) is 0 Å². The van der Waals surface area contributed by atoms with E-state index in [9.17, 15) is 0 Å². The number of hydrogen-bond donors (Lipinski definition) is 1. The number of nitrogens with two attached hydrogens (primary N) is 1. The molecule has 0 aliphatic carbocycles. The molecule has 0 atom stereocenters. The molecule has 0 unspecified atom stereocenters. The van der Waals surface area contributed by atoms with Gasteiger partial charge in [0.15, 0.2) is 0 Å². The highest BCUT2D eigenvalue weighted by Gasteiger charge is 2.02. The van der Waals surface area contributed by atoms with Crippen LogP contribution in [0.3, 0.4) is 0 Å². The third-order valence-corrected chi connectivity index (χ3v) is 1.64. The number of aromatic nitrogens is 2. The zero-order valence-corrected chi connectivity index (χ0v) is 7.46. The average molecular weight is 163 g/mol. The summed E-state index contributed by atoms with van der Waals surface area (Å²) in [5, 5.41) is 1.63. The molecule has 1 heterocycles. The Morgan fingerprint density at radius 2 is 2.33 bits per heavy atom. The first-order chi connectivity index (χ1) is 5.65. The molecule has 64 valence electrons. The molecule has 2 N–H and O–H groups in total. The molecule has 0 bridgehead atoms. The highest BCUT2D eigenvalue weighted by atomic mass is 15.1. The number of rotatable bonds is 2. The van der Waals surface area contributed by atoms with Crippen molar-refractivity contribution in [1.82, 2.24) is 9.97 Å². The van der Waals surface area contributed by atoms with Crippen LogP contribution in [-0.4, -0.2) is 9.97 Å². The minimum absolute atomic E-state index is 0.664. The Balaban J connectivity index is 3.12. The molecule has 12 heavy (non-hydrogen) atoms. The number of nitrogens with zero attached hydrogens (tertiary/aromatic N) is 2. The van der Waals surface area contributed by atoms with Crippen molar-refractivity contribution in [3.63, 3.8) is 0 Å². The fraction of sp³-hybridized carbons (Fsp3) is 0.222. The van der Waals surface area contributed by atoms with Gasteiger partial charge >= 0.3 is 0 Å². The molecule has 0 saturated heterocycles. The molecule has 3 nitrogen and oxygen atoms in total. The standard InChI is InChI=1S/C9H13N3/c1-6(2)8-5-11-9(10-4)12-7(8)3/h5H,1,4,10H2,2-3H3. The van der Waals surface area contributed by atoms with Gasteiger partial charge in [0.25, 0.3) is 5.95 Å². The van der Waals surface area contributed by atoms with E-state index in [1.54, 1.807) is 11.5 Å². The first kappa shape index (κ1) is 8.87. The minimum atomic E-state index is 0.664. The summed E-state index contributed by atoms with van der Waals surface area (Å²) < 4.78 is 0. The quantitative estimate of drug-likeness (QED) is 0.655. The van der Waals surface area contributed by atoms with Gasteiger partial charge in [0, 0.05) is 11.8 Å². The molecule has 0 aromatic carbocycles. The van der Waals surface area contributed by atoms with Crippen LogP contribution in [0.4, 0.5) is 5.95 Å². The fourth-order valence-corrected chi connectivity index (χ4v) is 1.00. The topological polar surface area (TPSA) is 42.4 Å². The Hall–Kier alpha value is -1.22. The SMILES string of the molecule is C=C(C)c1cnc([NH2+][CH2-])nc1C. The third-order valence-electron chi connectivity index (χ3n) is 1.64. The molecule has 0 aliphatic rings. The first-order valence-electron chi connectivity index (χ1n) is 3.77. The first-order valence-corrected chi connectivity index (χ1v) is 3.77. The van der Waals surface area contributed by atoms with E-state index in [0.29, 0.717) is 5.95 Å². The van der Waals surface area contributed by atoms with Crippen molar-refractivity contribution in [2.75, 3.05) is 0 Å². The average Bonchev–Trinajstić information content (AvgIpc) is 2.03. The van der Waals surface area contributed by atoms with Crippen LogP contribution in [0.15, 0.2) is 12.8 Å². The van der Waals surface area contributed by atoms with Gasteiger partial charge in [-0.05, 0) is 19.4 Å². The number of hydrogen-bond acceptors (Lipinski definition) is 2. The second-order valence-electron chi connectivity index (χ2n) is 2.71. The second-order valence-corrected chi connectivity index (χ2v) is 2.71. The van der Waals surface area contributed by atoms with Gasteiger partial charge in [0.05, 0.1) is 5.69 Å². The summed E-state index contributed by atoms with van der Waals surface area (Å²) in [7, 11) is 3.60. The van der Waals surface area contributed by atoms with E-state index >= 15 is 0 Å². The minimum Gasteiger partial charge on any atom is -0.412 e. The van der Waals surface area contributed by atoms with Crippen LogP contribution in [0.5, 0.6) is 0 Å². The lowest BCUT2D eigenvalue weighted by molar-refractivity contribution is -0.513. The maximum Gasteiger partial charge on any atom is 0.298 e. The summed E-state index contributed by atoms with van der Waals surface area (Å²) in [6.07, 6.45) is 1.78. The van der Waals surface area contributed by atoms with Crippen molar-refractivity contribution < 1.29 is 5.32 Å². The Morgan fingerprint density at radius 3 is 2.75 bits per heavy atom. The fourth-order valence-electron chi connectivity index (χ4n) is 1.00. The molecule has 0 aliphatic heterocycles. The van der Waals surface area contributed by atoms with Gasteiger partial charge in [-0.3, -0.25) is 0 Å². The lowest BCUT2D eigenvalue weighted by Crippen LogP contribution is -2.70. The van der Waals surface area contributed by atoms with Crippen LogP contribution in [0.2, 0.25) is 0 Å². The molecule has 0 spiro atoms. The molecule has 3 heteroatoms. The van der Waals surface area contributed by atoms with Gasteiger partial charge in [-0.2, -0.15) is 9.97 Å². The Bertz CT molecular complexity index is 305. The van der Waals surface area contributed by atoms with E-state index < -0.39 is 0 Å². The van der Waals surface area contributed by atoms with Crippen LogP contribution >= 0.6 is 0 Å². The summed E-state index contributed by atoms with van der Waals surface area (Å²) in [6.45, 7) is 7.72. The van der Waals surface area contributed by atoms with Gasteiger partial charge in [-0.25, -0.2) is 0 Å². The van der Waals surface area contributed by atoms with E-state index in [2.05, 4.69) is 23.6 Å². The lowest BCUT2D eigenvalue weighted by atomic mass is 10.1. The maximum atomic E-state index is 4.22. The number of allylic oxidation sites excluding steroid dienone is 1. The van der Waals surface area contributed by atoms with E-state index in [-0.39, 0.29) is 0 Å². The van der Waals surface area contributed by atoms with Crippen LogP contribution in [0, 0.1) is 14.0 Å². The smallest absolute Gasteiger partial charge is 0.298 e. The summed E-state index contributed by atoms with van der Waals surface area (Å²) >= 11 is 0. The van der Waals surface area contributed by atoms with Crippen LogP contribution in [0.1, 0.15) is 18.2 Å². The Kier molecular flexibility index (Phi) is 2.55. The van der Waals surface area contributed by atoms with Gasteiger partial charge in [-0.15, -0.1) is 7.05 Å². The third kappa shape index (κ3) is 1.68. The molecule has 1 aromatic rings. The normalized spacial score (nSPS) is 9.92. The van der Waals surface area contributed by atoms with Crippen molar-refractivity contribution >= 4 is 11.5 Å². The number of quaternary nitrogens is 1. The molecular weight excluding hydrogens is 150 g/mol. The zero-order chi connectivity index (χ0) is 9.14. The Morgan fingerprint density at radius 1 is 1.67 bits per heavy atom. The molecule has 0 saturated carbocycles. The number of aryl methyl sites for hydroxylation is 1. The highest BCUT2D eigenvalue weighted by Crippen LogP contribution is 2.13. The van der Waals surface area contributed by atoms with E-state index in [0.717, 1.165) is 16.8 Å². The van der Waals surface area contributed by atoms with Crippen molar-refractivity contribution in [3.8, 4) is 0 Å². The summed E-state index contributed by atoms with van der Waals surface area (Å²) in [4.78, 5) is 8.31. The summed E-state index contributed by atoms with van der Waals surface area (Å²) in [5.41, 5.74) is 2.95. The summed E-state index contributed by atoms with van der Waals surface area (Å²) in [5.74, 6) is 0.664. The maximum absolute atomic E-state index is 4.22. The van der Waals surface area contributed by atoms with Crippen molar-refractivity contribution in [3.05, 3.63) is 31.1 Å². The molecule has 0 amide bonds. The van der Waals surface area contributed by atoms with Crippen LogP contribution in [0.25, 0.3) is 5.57 Å². The van der Waals surface area contributed by atoms with Crippen molar-refractivity contribution in [2.24, 2.45) is 0 Å². The Labute approximate surface area is 72.6 Å². The largest absolute Gasteiger partial charge is 0.412 e. The predicted octanol–water partition coefficient (Wildman–Crippen LogP) is 0.805. The van der Waals surface area contributed by atoms with E-state index in [1.807, 2.05) is 13.8 Å². The highest BCUT2D eigenvalue weighted by molar-refractivity contribution is 5.62. The summed E-state index contributed by atoms with van der Waals surface area (Å²) in [6, 6.07) is 0. The van der Waals surface area contributed by atoms with Gasteiger partial charge < -0.3 is 5.32 Å². The second kappa shape index (κ2) is 3.45. The van der Waals surface area contributed by atoms with E-state index in [1.165, 1.54) is 0 Å².